The molecule has 2 rings (SSSR count). The minimum absolute atomic E-state index is 0.316. The standard InChI is InChI=1S/C13H21N3O2S/c17-19(18)9-7-16(8-10-19)6-2-5-15-12-13-3-1-4-14-11-13/h1,3-4,11,15H,2,5-10,12H2. The molecule has 1 aliphatic heterocycles. The molecule has 0 unspecified atom stereocenters. The van der Waals surface area contributed by atoms with Gasteiger partial charge in [-0.05, 0) is 31.1 Å². The molecule has 0 atom stereocenters. The Labute approximate surface area is 114 Å². The fraction of sp³-hybridized carbons (Fsp3) is 0.615. The minimum atomic E-state index is -2.75. The lowest BCUT2D eigenvalue weighted by atomic mass is 10.3. The molecular weight excluding hydrogens is 262 g/mol. The maximum absolute atomic E-state index is 11.3. The van der Waals surface area contributed by atoms with Gasteiger partial charge < -0.3 is 10.2 Å². The summed E-state index contributed by atoms with van der Waals surface area (Å²) in [5, 5.41) is 3.37. The van der Waals surface area contributed by atoms with Gasteiger partial charge in [0.25, 0.3) is 0 Å². The summed E-state index contributed by atoms with van der Waals surface area (Å²) in [6, 6.07) is 3.99. The van der Waals surface area contributed by atoms with Crippen molar-refractivity contribution in [3.63, 3.8) is 0 Å². The summed E-state index contributed by atoms with van der Waals surface area (Å²) >= 11 is 0. The van der Waals surface area contributed by atoms with E-state index in [0.717, 1.165) is 26.1 Å². The van der Waals surface area contributed by atoms with Crippen LogP contribution in [0.5, 0.6) is 0 Å². The second-order valence-electron chi connectivity index (χ2n) is 4.89. The van der Waals surface area contributed by atoms with Crippen LogP contribution >= 0.6 is 0 Å². The minimum Gasteiger partial charge on any atom is -0.313 e. The molecule has 0 bridgehead atoms. The Morgan fingerprint density at radius 1 is 1.32 bits per heavy atom. The predicted molar refractivity (Wildman–Crippen MR) is 75.7 cm³/mol. The van der Waals surface area contributed by atoms with E-state index in [0.29, 0.717) is 24.6 Å². The molecule has 0 aliphatic carbocycles. The average Bonchev–Trinajstić information content (AvgIpc) is 2.41. The largest absolute Gasteiger partial charge is 0.313 e. The zero-order valence-corrected chi connectivity index (χ0v) is 11.9. The van der Waals surface area contributed by atoms with E-state index in [1.807, 2.05) is 12.3 Å². The Kier molecular flexibility index (Phi) is 5.30. The third-order valence-corrected chi connectivity index (χ3v) is 4.93. The maximum atomic E-state index is 11.3. The first kappa shape index (κ1) is 14.4. The van der Waals surface area contributed by atoms with Crippen LogP contribution in [0.3, 0.4) is 0 Å². The van der Waals surface area contributed by atoms with Gasteiger partial charge in [0, 0.05) is 32.0 Å². The molecule has 1 aliphatic rings. The van der Waals surface area contributed by atoms with Gasteiger partial charge in [-0.2, -0.15) is 0 Å². The SMILES string of the molecule is O=S1(=O)CCN(CCCNCc2cccnc2)CC1. The van der Waals surface area contributed by atoms with Gasteiger partial charge in [-0.3, -0.25) is 4.98 Å². The summed E-state index contributed by atoms with van der Waals surface area (Å²) in [7, 11) is -2.75. The van der Waals surface area contributed by atoms with Crippen LogP contribution in [0.25, 0.3) is 0 Å². The molecule has 0 spiro atoms. The highest BCUT2D eigenvalue weighted by Gasteiger charge is 2.20. The molecule has 1 N–H and O–H groups in total. The van der Waals surface area contributed by atoms with E-state index in [2.05, 4.69) is 21.3 Å². The number of hydrogen-bond acceptors (Lipinski definition) is 5. The van der Waals surface area contributed by atoms with Gasteiger partial charge in [0.05, 0.1) is 11.5 Å². The number of hydrogen-bond donors (Lipinski definition) is 1. The summed E-state index contributed by atoms with van der Waals surface area (Å²) in [5.41, 5.74) is 1.19. The number of rotatable bonds is 6. The van der Waals surface area contributed by atoms with E-state index < -0.39 is 9.84 Å². The molecule has 0 saturated carbocycles. The monoisotopic (exact) mass is 283 g/mol. The lowest BCUT2D eigenvalue weighted by molar-refractivity contribution is 0.290. The predicted octanol–water partition coefficient (Wildman–Crippen LogP) is 0.292. The van der Waals surface area contributed by atoms with Gasteiger partial charge in [0.15, 0.2) is 9.84 Å². The van der Waals surface area contributed by atoms with Gasteiger partial charge >= 0.3 is 0 Å². The van der Waals surface area contributed by atoms with Crippen molar-refractivity contribution in [1.29, 1.82) is 0 Å². The summed E-state index contributed by atoms with van der Waals surface area (Å²) in [5.74, 6) is 0.631. The topological polar surface area (TPSA) is 62.3 Å². The van der Waals surface area contributed by atoms with Crippen LogP contribution in [0, 0.1) is 0 Å². The Morgan fingerprint density at radius 3 is 2.79 bits per heavy atom. The number of sulfone groups is 1. The van der Waals surface area contributed by atoms with Crippen LogP contribution in [0.4, 0.5) is 0 Å². The Balaban J connectivity index is 1.55. The molecular formula is C13H21N3O2S. The molecule has 106 valence electrons. The molecule has 5 nitrogen and oxygen atoms in total. The van der Waals surface area contributed by atoms with Gasteiger partial charge in [0.2, 0.25) is 0 Å². The fourth-order valence-electron chi connectivity index (χ4n) is 2.14. The maximum Gasteiger partial charge on any atom is 0.152 e. The highest BCUT2D eigenvalue weighted by atomic mass is 32.2. The van der Waals surface area contributed by atoms with Crippen molar-refractivity contribution in [3.8, 4) is 0 Å². The second-order valence-corrected chi connectivity index (χ2v) is 7.19. The smallest absolute Gasteiger partial charge is 0.152 e. The van der Waals surface area contributed by atoms with E-state index >= 15 is 0 Å². The zero-order valence-electron chi connectivity index (χ0n) is 11.1. The normalized spacial score (nSPS) is 19.4. The molecule has 0 radical (unpaired) electrons. The van der Waals surface area contributed by atoms with Crippen LogP contribution in [-0.4, -0.2) is 56.0 Å². The number of pyridine rings is 1. The number of nitrogens with one attached hydrogen (secondary N) is 1. The Hall–Kier alpha value is -0.980. The number of aromatic nitrogens is 1. The molecule has 2 heterocycles. The van der Waals surface area contributed by atoms with Crippen LogP contribution in [0.1, 0.15) is 12.0 Å². The lowest BCUT2D eigenvalue weighted by Crippen LogP contribution is -2.41. The van der Waals surface area contributed by atoms with Gasteiger partial charge in [0.1, 0.15) is 0 Å². The van der Waals surface area contributed by atoms with E-state index in [-0.39, 0.29) is 0 Å². The van der Waals surface area contributed by atoms with Crippen molar-refractivity contribution in [2.75, 3.05) is 37.7 Å². The molecule has 1 aromatic heterocycles. The molecule has 19 heavy (non-hydrogen) atoms. The quantitative estimate of drug-likeness (QED) is 0.761. The van der Waals surface area contributed by atoms with Gasteiger partial charge in [-0.15, -0.1) is 0 Å². The van der Waals surface area contributed by atoms with E-state index in [9.17, 15) is 8.42 Å². The average molecular weight is 283 g/mol. The highest BCUT2D eigenvalue weighted by Crippen LogP contribution is 2.03. The first-order valence-corrected chi connectivity index (χ1v) is 8.50. The third kappa shape index (κ3) is 5.26. The van der Waals surface area contributed by atoms with Crippen LogP contribution in [0.15, 0.2) is 24.5 Å². The first-order valence-electron chi connectivity index (χ1n) is 6.68. The van der Waals surface area contributed by atoms with Gasteiger partial charge in [-0.25, -0.2) is 8.42 Å². The van der Waals surface area contributed by atoms with Crippen molar-refractivity contribution in [2.24, 2.45) is 0 Å². The van der Waals surface area contributed by atoms with E-state index in [1.54, 1.807) is 6.20 Å². The van der Waals surface area contributed by atoms with Gasteiger partial charge in [-0.1, -0.05) is 6.07 Å². The Morgan fingerprint density at radius 2 is 2.11 bits per heavy atom. The van der Waals surface area contributed by atoms with Crippen LogP contribution in [0.2, 0.25) is 0 Å². The summed E-state index contributed by atoms with van der Waals surface area (Å²) in [4.78, 5) is 6.29. The third-order valence-electron chi connectivity index (χ3n) is 3.32. The van der Waals surface area contributed by atoms with Crippen molar-refractivity contribution >= 4 is 9.84 Å². The molecule has 0 aromatic carbocycles. The van der Waals surface area contributed by atoms with Crippen LogP contribution < -0.4 is 5.32 Å². The molecule has 1 saturated heterocycles. The van der Waals surface area contributed by atoms with E-state index in [1.165, 1.54) is 5.56 Å². The molecule has 6 heteroatoms. The first-order chi connectivity index (χ1) is 9.16. The van der Waals surface area contributed by atoms with Crippen molar-refractivity contribution in [3.05, 3.63) is 30.1 Å². The molecule has 1 fully saturated rings. The molecule has 0 amide bonds. The highest BCUT2D eigenvalue weighted by molar-refractivity contribution is 7.91. The van der Waals surface area contributed by atoms with Crippen molar-refractivity contribution < 1.29 is 8.42 Å². The molecule has 1 aromatic rings. The summed E-state index contributed by atoms with van der Waals surface area (Å²) in [6.45, 7) is 4.12. The summed E-state index contributed by atoms with van der Waals surface area (Å²) in [6.07, 6.45) is 4.68. The fourth-order valence-corrected chi connectivity index (χ4v) is 3.41. The lowest BCUT2D eigenvalue weighted by Gasteiger charge is -2.26. The zero-order chi connectivity index (χ0) is 13.6. The van der Waals surface area contributed by atoms with E-state index in [4.69, 9.17) is 0 Å². The second kappa shape index (κ2) is 6.98. The van der Waals surface area contributed by atoms with Crippen LogP contribution in [-0.2, 0) is 16.4 Å². The van der Waals surface area contributed by atoms with Crippen molar-refractivity contribution in [2.45, 2.75) is 13.0 Å². The van der Waals surface area contributed by atoms with Crippen molar-refractivity contribution in [1.82, 2.24) is 15.2 Å². The summed E-state index contributed by atoms with van der Waals surface area (Å²) < 4.78 is 22.6. The number of nitrogens with zero attached hydrogens (tertiary/aromatic N) is 2. The Bertz CT molecular complexity index is 462.